The van der Waals surface area contributed by atoms with Crippen molar-refractivity contribution in [1.82, 2.24) is 19.7 Å². The van der Waals surface area contributed by atoms with E-state index in [-0.39, 0.29) is 5.95 Å². The summed E-state index contributed by atoms with van der Waals surface area (Å²) in [7, 11) is 0. The van der Waals surface area contributed by atoms with Crippen molar-refractivity contribution in [3.8, 4) is 11.3 Å². The number of hydrogen-bond donors (Lipinski definition) is 1. The molecule has 1 saturated carbocycles. The normalized spacial score (nSPS) is 22.4. The minimum Gasteiger partial charge on any atom is -0.368 e. The zero-order valence-corrected chi connectivity index (χ0v) is 12.9. The first-order valence-corrected chi connectivity index (χ1v) is 7.80. The highest BCUT2D eigenvalue weighted by Gasteiger charge is 2.19. The van der Waals surface area contributed by atoms with Gasteiger partial charge < -0.3 is 5.73 Å². The van der Waals surface area contributed by atoms with E-state index in [9.17, 15) is 0 Å². The number of nitrogens with zero attached hydrogens (tertiary/aromatic N) is 4. The molecule has 0 amide bonds. The first-order chi connectivity index (χ1) is 10.1. The van der Waals surface area contributed by atoms with Gasteiger partial charge >= 0.3 is 0 Å². The molecule has 5 nitrogen and oxygen atoms in total. The molecule has 0 spiro atoms. The standard InChI is InChI=1S/C15H20ClN5/c1-10-2-4-11(5-3-10)8-21-9-12(6-19-21)14-13(16)7-18-15(17)20-14/h6-7,9-11H,2-5,8H2,1H3,(H2,17,18,20). The lowest BCUT2D eigenvalue weighted by Crippen LogP contribution is -2.17. The Morgan fingerprint density at radius 3 is 2.81 bits per heavy atom. The molecule has 112 valence electrons. The third-order valence-electron chi connectivity index (χ3n) is 4.25. The van der Waals surface area contributed by atoms with Crippen LogP contribution in [-0.4, -0.2) is 19.7 Å². The van der Waals surface area contributed by atoms with E-state index in [2.05, 4.69) is 22.0 Å². The lowest BCUT2D eigenvalue weighted by atomic mass is 9.83. The molecule has 0 radical (unpaired) electrons. The van der Waals surface area contributed by atoms with Gasteiger partial charge in [-0.25, -0.2) is 9.97 Å². The summed E-state index contributed by atoms with van der Waals surface area (Å²) >= 11 is 6.13. The number of halogens is 1. The lowest BCUT2D eigenvalue weighted by Gasteiger charge is -2.25. The fourth-order valence-corrected chi connectivity index (χ4v) is 3.15. The number of rotatable bonds is 3. The fraction of sp³-hybridized carbons (Fsp3) is 0.533. The molecule has 1 fully saturated rings. The fourth-order valence-electron chi connectivity index (χ4n) is 2.95. The molecule has 2 aromatic heterocycles. The average molecular weight is 306 g/mol. The SMILES string of the molecule is CC1CCC(Cn2cc(-c3nc(N)ncc3Cl)cn2)CC1. The van der Waals surface area contributed by atoms with Crippen LogP contribution < -0.4 is 5.73 Å². The van der Waals surface area contributed by atoms with Crippen LogP contribution >= 0.6 is 11.6 Å². The smallest absolute Gasteiger partial charge is 0.220 e. The molecule has 0 bridgehead atoms. The second-order valence-corrected chi connectivity index (χ2v) is 6.41. The summed E-state index contributed by atoms with van der Waals surface area (Å²) in [5.74, 6) is 1.82. The van der Waals surface area contributed by atoms with Crippen LogP contribution in [0.4, 0.5) is 5.95 Å². The molecule has 3 rings (SSSR count). The first-order valence-electron chi connectivity index (χ1n) is 7.42. The van der Waals surface area contributed by atoms with Crippen LogP contribution in [0.1, 0.15) is 32.6 Å². The zero-order chi connectivity index (χ0) is 14.8. The molecule has 2 heterocycles. The molecule has 2 N–H and O–H groups in total. The highest BCUT2D eigenvalue weighted by atomic mass is 35.5. The molecular formula is C15H20ClN5. The number of anilines is 1. The Kier molecular flexibility index (Phi) is 4.10. The van der Waals surface area contributed by atoms with E-state index in [1.807, 2.05) is 10.9 Å². The molecule has 0 saturated heterocycles. The maximum Gasteiger partial charge on any atom is 0.220 e. The van der Waals surface area contributed by atoms with Crippen LogP contribution in [0.3, 0.4) is 0 Å². The number of hydrogen-bond acceptors (Lipinski definition) is 4. The summed E-state index contributed by atoms with van der Waals surface area (Å²) in [5.41, 5.74) is 7.16. The molecule has 0 atom stereocenters. The first kappa shape index (κ1) is 14.3. The maximum atomic E-state index is 6.13. The summed E-state index contributed by atoms with van der Waals surface area (Å²) in [6.45, 7) is 3.30. The topological polar surface area (TPSA) is 69.6 Å². The number of nitrogens with two attached hydrogens (primary N) is 1. The van der Waals surface area contributed by atoms with Gasteiger partial charge in [0, 0.05) is 18.3 Å². The van der Waals surface area contributed by atoms with E-state index < -0.39 is 0 Å². The Morgan fingerprint density at radius 2 is 2.05 bits per heavy atom. The van der Waals surface area contributed by atoms with Gasteiger partial charge in [-0.15, -0.1) is 0 Å². The van der Waals surface area contributed by atoms with Crippen molar-refractivity contribution in [2.45, 2.75) is 39.2 Å². The van der Waals surface area contributed by atoms with Gasteiger partial charge in [-0.1, -0.05) is 31.4 Å². The Balaban J connectivity index is 1.73. The molecule has 0 unspecified atom stereocenters. The average Bonchev–Trinajstić information content (AvgIpc) is 2.92. The lowest BCUT2D eigenvalue weighted by molar-refractivity contribution is 0.258. The molecular weight excluding hydrogens is 286 g/mol. The maximum absolute atomic E-state index is 6.13. The van der Waals surface area contributed by atoms with Crippen molar-refractivity contribution < 1.29 is 0 Å². The van der Waals surface area contributed by atoms with Crippen molar-refractivity contribution in [1.29, 1.82) is 0 Å². The number of nitrogen functional groups attached to an aromatic ring is 1. The Hall–Kier alpha value is -1.62. The van der Waals surface area contributed by atoms with Crippen LogP contribution in [0.15, 0.2) is 18.6 Å². The van der Waals surface area contributed by atoms with Crippen LogP contribution in [0.25, 0.3) is 11.3 Å². The molecule has 2 aromatic rings. The van der Waals surface area contributed by atoms with Crippen molar-refractivity contribution in [3.63, 3.8) is 0 Å². The van der Waals surface area contributed by atoms with E-state index in [1.54, 1.807) is 6.20 Å². The molecule has 21 heavy (non-hydrogen) atoms. The van der Waals surface area contributed by atoms with E-state index in [1.165, 1.54) is 31.9 Å². The predicted octanol–water partition coefficient (Wildman–Crippen LogP) is 3.40. The Bertz CT molecular complexity index is 616. The molecule has 0 aromatic carbocycles. The molecule has 1 aliphatic carbocycles. The largest absolute Gasteiger partial charge is 0.368 e. The van der Waals surface area contributed by atoms with Gasteiger partial charge in [0.2, 0.25) is 5.95 Å². The summed E-state index contributed by atoms with van der Waals surface area (Å²) < 4.78 is 1.99. The Labute approximate surface area is 129 Å². The van der Waals surface area contributed by atoms with Gasteiger partial charge in [0.15, 0.2) is 0 Å². The highest BCUT2D eigenvalue weighted by molar-refractivity contribution is 6.32. The van der Waals surface area contributed by atoms with Gasteiger partial charge in [-0.3, -0.25) is 4.68 Å². The van der Waals surface area contributed by atoms with Gasteiger partial charge in [0.05, 0.1) is 23.1 Å². The van der Waals surface area contributed by atoms with E-state index >= 15 is 0 Å². The van der Waals surface area contributed by atoms with Crippen molar-refractivity contribution in [2.75, 3.05) is 5.73 Å². The Morgan fingerprint density at radius 1 is 1.29 bits per heavy atom. The van der Waals surface area contributed by atoms with Gasteiger partial charge in [0.1, 0.15) is 0 Å². The second kappa shape index (κ2) is 6.02. The minimum absolute atomic E-state index is 0.225. The summed E-state index contributed by atoms with van der Waals surface area (Å²) in [4.78, 5) is 8.07. The van der Waals surface area contributed by atoms with Crippen LogP contribution in [0.2, 0.25) is 5.02 Å². The van der Waals surface area contributed by atoms with Crippen molar-refractivity contribution in [3.05, 3.63) is 23.6 Å². The second-order valence-electron chi connectivity index (χ2n) is 6.00. The summed E-state index contributed by atoms with van der Waals surface area (Å²) in [5, 5.41) is 4.93. The van der Waals surface area contributed by atoms with Gasteiger partial charge in [-0.05, 0) is 24.7 Å². The molecule has 1 aliphatic rings. The third-order valence-corrected chi connectivity index (χ3v) is 4.53. The van der Waals surface area contributed by atoms with E-state index in [4.69, 9.17) is 17.3 Å². The predicted molar refractivity (Wildman–Crippen MR) is 83.8 cm³/mol. The third kappa shape index (κ3) is 3.35. The molecule has 0 aliphatic heterocycles. The van der Waals surface area contributed by atoms with Crippen molar-refractivity contribution in [2.24, 2.45) is 11.8 Å². The monoisotopic (exact) mass is 305 g/mol. The van der Waals surface area contributed by atoms with E-state index in [0.29, 0.717) is 10.7 Å². The highest BCUT2D eigenvalue weighted by Crippen LogP contribution is 2.30. The molecule has 6 heteroatoms. The van der Waals surface area contributed by atoms with Crippen LogP contribution in [0, 0.1) is 11.8 Å². The van der Waals surface area contributed by atoms with E-state index in [0.717, 1.165) is 23.9 Å². The zero-order valence-electron chi connectivity index (χ0n) is 12.2. The number of aromatic nitrogens is 4. The summed E-state index contributed by atoms with van der Waals surface area (Å²) in [6.07, 6.45) is 10.5. The quantitative estimate of drug-likeness (QED) is 0.943. The van der Waals surface area contributed by atoms with Crippen molar-refractivity contribution >= 4 is 17.5 Å². The van der Waals surface area contributed by atoms with Crippen LogP contribution in [0.5, 0.6) is 0 Å². The summed E-state index contributed by atoms with van der Waals surface area (Å²) in [6, 6.07) is 0. The van der Waals surface area contributed by atoms with Gasteiger partial charge in [-0.2, -0.15) is 5.10 Å². The minimum atomic E-state index is 0.225. The van der Waals surface area contributed by atoms with Gasteiger partial charge in [0.25, 0.3) is 0 Å². The van der Waals surface area contributed by atoms with Crippen LogP contribution in [-0.2, 0) is 6.54 Å².